The van der Waals surface area contributed by atoms with Gasteiger partial charge in [-0.05, 0) is 58.7 Å². The van der Waals surface area contributed by atoms with Gasteiger partial charge >= 0.3 is 0 Å². The molecule has 4 nitrogen and oxygen atoms in total. The van der Waals surface area contributed by atoms with E-state index < -0.39 is 0 Å². The fraction of sp³-hybridized carbons (Fsp3) is 0.125. The Bertz CT molecular complexity index is 698. The molecule has 5 heteroatoms. The molecule has 0 aliphatic heterocycles. The van der Waals surface area contributed by atoms with Crippen LogP contribution in [0.5, 0.6) is 0 Å². The van der Waals surface area contributed by atoms with Crippen molar-refractivity contribution in [3.05, 3.63) is 63.6 Å². The number of halogens is 1. The normalized spacial score (nSPS) is 10.0. The number of hydrogen-bond donors (Lipinski definition) is 2. The van der Waals surface area contributed by atoms with Crippen LogP contribution in [-0.2, 0) is 0 Å². The lowest BCUT2D eigenvalue weighted by molar-refractivity contribution is 0.0962. The first-order chi connectivity index (χ1) is 10.0. The summed E-state index contributed by atoms with van der Waals surface area (Å²) in [6.45, 7) is 1.85. The molecule has 0 saturated carbocycles. The van der Waals surface area contributed by atoms with E-state index in [1.54, 1.807) is 37.4 Å². The zero-order chi connectivity index (χ0) is 15.4. The van der Waals surface area contributed by atoms with Crippen LogP contribution in [0.15, 0.2) is 46.9 Å². The van der Waals surface area contributed by atoms with E-state index in [4.69, 9.17) is 0 Å². The monoisotopic (exact) mass is 346 g/mol. The molecule has 0 spiro atoms. The lowest BCUT2D eigenvalue weighted by atomic mass is 10.1. The van der Waals surface area contributed by atoms with Crippen molar-refractivity contribution in [2.24, 2.45) is 0 Å². The molecule has 2 aromatic rings. The van der Waals surface area contributed by atoms with Gasteiger partial charge in [0.15, 0.2) is 0 Å². The minimum atomic E-state index is -0.196. The number of aryl methyl sites for hydroxylation is 1. The van der Waals surface area contributed by atoms with Gasteiger partial charge in [-0.15, -0.1) is 0 Å². The molecule has 0 radical (unpaired) electrons. The summed E-state index contributed by atoms with van der Waals surface area (Å²) in [5.41, 5.74) is 2.64. The summed E-state index contributed by atoms with van der Waals surface area (Å²) in [4.78, 5) is 23.8. The fourth-order valence-electron chi connectivity index (χ4n) is 1.92. The summed E-state index contributed by atoms with van der Waals surface area (Å²) >= 11 is 3.36. The maximum absolute atomic E-state index is 12.2. The molecular weight excluding hydrogens is 332 g/mol. The van der Waals surface area contributed by atoms with Crippen LogP contribution in [0, 0.1) is 6.92 Å². The van der Waals surface area contributed by atoms with Crippen molar-refractivity contribution in [3.8, 4) is 0 Å². The van der Waals surface area contributed by atoms with Gasteiger partial charge in [0.05, 0.1) is 5.56 Å². The highest BCUT2D eigenvalue weighted by atomic mass is 79.9. The first-order valence-electron chi connectivity index (χ1n) is 6.41. The highest BCUT2D eigenvalue weighted by Crippen LogP contribution is 2.20. The van der Waals surface area contributed by atoms with Crippen molar-refractivity contribution < 1.29 is 9.59 Å². The minimum Gasteiger partial charge on any atom is -0.355 e. The molecular formula is C16H15BrN2O2. The number of carbonyl (C=O) groups excluding carboxylic acids is 2. The van der Waals surface area contributed by atoms with Crippen LogP contribution in [0.1, 0.15) is 26.3 Å². The molecule has 0 unspecified atom stereocenters. The first-order valence-corrected chi connectivity index (χ1v) is 7.21. The Kier molecular flexibility index (Phi) is 4.75. The Balaban J connectivity index is 2.22. The minimum absolute atomic E-state index is 0.151. The molecule has 0 aliphatic carbocycles. The number of benzene rings is 2. The number of anilines is 1. The van der Waals surface area contributed by atoms with E-state index >= 15 is 0 Å². The Hall–Kier alpha value is -2.14. The van der Waals surface area contributed by atoms with Crippen LogP contribution < -0.4 is 10.6 Å². The number of hydrogen-bond acceptors (Lipinski definition) is 2. The Morgan fingerprint density at radius 2 is 1.76 bits per heavy atom. The Morgan fingerprint density at radius 1 is 1.05 bits per heavy atom. The highest BCUT2D eigenvalue weighted by molar-refractivity contribution is 9.10. The van der Waals surface area contributed by atoms with Gasteiger partial charge in [-0.2, -0.15) is 0 Å². The highest BCUT2D eigenvalue weighted by Gasteiger charge is 2.12. The summed E-state index contributed by atoms with van der Waals surface area (Å²) in [5, 5.41) is 5.42. The molecule has 21 heavy (non-hydrogen) atoms. The molecule has 0 atom stereocenters. The summed E-state index contributed by atoms with van der Waals surface area (Å²) in [6.07, 6.45) is 0. The SMILES string of the molecule is CNC(=O)c1ccc(NC(=O)c2ccccc2Br)c(C)c1. The van der Waals surface area contributed by atoms with Crippen molar-refractivity contribution in [2.75, 3.05) is 12.4 Å². The lowest BCUT2D eigenvalue weighted by Gasteiger charge is -2.10. The van der Waals surface area contributed by atoms with Crippen LogP contribution in [-0.4, -0.2) is 18.9 Å². The molecule has 0 bridgehead atoms. The second kappa shape index (κ2) is 6.54. The number of nitrogens with one attached hydrogen (secondary N) is 2. The maximum atomic E-state index is 12.2. The van der Waals surface area contributed by atoms with Crippen molar-refractivity contribution in [3.63, 3.8) is 0 Å². The van der Waals surface area contributed by atoms with Gasteiger partial charge in [0.2, 0.25) is 0 Å². The molecule has 2 rings (SSSR count). The van der Waals surface area contributed by atoms with Gasteiger partial charge in [0, 0.05) is 22.8 Å². The van der Waals surface area contributed by atoms with Crippen LogP contribution in [0.25, 0.3) is 0 Å². The fourth-order valence-corrected chi connectivity index (χ4v) is 2.39. The van der Waals surface area contributed by atoms with Crippen LogP contribution in [0.3, 0.4) is 0 Å². The van der Waals surface area contributed by atoms with Gasteiger partial charge in [0.25, 0.3) is 11.8 Å². The van der Waals surface area contributed by atoms with E-state index in [2.05, 4.69) is 26.6 Å². The summed E-state index contributed by atoms with van der Waals surface area (Å²) in [5.74, 6) is -0.347. The van der Waals surface area contributed by atoms with Crippen molar-refractivity contribution >= 4 is 33.4 Å². The van der Waals surface area contributed by atoms with Gasteiger partial charge < -0.3 is 10.6 Å². The molecule has 2 N–H and O–H groups in total. The molecule has 0 heterocycles. The van der Waals surface area contributed by atoms with Crippen LogP contribution >= 0.6 is 15.9 Å². The number of rotatable bonds is 3. The first kappa shape index (κ1) is 15.3. The zero-order valence-electron chi connectivity index (χ0n) is 11.7. The molecule has 0 aromatic heterocycles. The van der Waals surface area contributed by atoms with Gasteiger partial charge in [-0.1, -0.05) is 12.1 Å². The van der Waals surface area contributed by atoms with E-state index in [-0.39, 0.29) is 11.8 Å². The number of amides is 2. The van der Waals surface area contributed by atoms with Crippen LogP contribution in [0.4, 0.5) is 5.69 Å². The second-order valence-corrected chi connectivity index (χ2v) is 5.40. The predicted molar refractivity (Wildman–Crippen MR) is 86.7 cm³/mol. The molecule has 0 aliphatic rings. The molecule has 0 saturated heterocycles. The maximum Gasteiger partial charge on any atom is 0.256 e. The van der Waals surface area contributed by atoms with Gasteiger partial charge in [-0.3, -0.25) is 9.59 Å². The van der Waals surface area contributed by atoms with Crippen molar-refractivity contribution in [1.82, 2.24) is 5.32 Å². The number of carbonyl (C=O) groups is 2. The van der Waals surface area contributed by atoms with Gasteiger partial charge in [0.1, 0.15) is 0 Å². The smallest absolute Gasteiger partial charge is 0.256 e. The standard InChI is InChI=1S/C16H15BrN2O2/c1-10-9-11(15(20)18-2)7-8-14(10)19-16(21)12-5-3-4-6-13(12)17/h3-9H,1-2H3,(H,18,20)(H,19,21). The molecule has 2 amide bonds. The predicted octanol–water partition coefficient (Wildman–Crippen LogP) is 3.37. The van der Waals surface area contributed by atoms with Crippen molar-refractivity contribution in [2.45, 2.75) is 6.92 Å². The summed E-state index contributed by atoms with van der Waals surface area (Å²) < 4.78 is 0.738. The summed E-state index contributed by atoms with van der Waals surface area (Å²) in [7, 11) is 1.58. The average Bonchev–Trinajstić information content (AvgIpc) is 2.48. The largest absolute Gasteiger partial charge is 0.355 e. The third kappa shape index (κ3) is 3.49. The van der Waals surface area contributed by atoms with E-state index in [9.17, 15) is 9.59 Å². The molecule has 108 valence electrons. The second-order valence-electron chi connectivity index (χ2n) is 4.54. The molecule has 0 fully saturated rings. The topological polar surface area (TPSA) is 58.2 Å². The third-order valence-electron chi connectivity index (χ3n) is 3.08. The molecule has 2 aromatic carbocycles. The Morgan fingerprint density at radius 3 is 2.38 bits per heavy atom. The van der Waals surface area contributed by atoms with E-state index in [0.717, 1.165) is 10.0 Å². The quantitative estimate of drug-likeness (QED) is 0.894. The van der Waals surface area contributed by atoms with Crippen molar-refractivity contribution in [1.29, 1.82) is 0 Å². The van der Waals surface area contributed by atoms with E-state index in [0.29, 0.717) is 16.8 Å². The lowest BCUT2D eigenvalue weighted by Crippen LogP contribution is -2.18. The zero-order valence-corrected chi connectivity index (χ0v) is 13.3. The Labute approximate surface area is 131 Å². The van der Waals surface area contributed by atoms with E-state index in [1.807, 2.05) is 19.1 Å². The average molecular weight is 347 g/mol. The summed E-state index contributed by atoms with van der Waals surface area (Å²) in [6, 6.07) is 12.4. The van der Waals surface area contributed by atoms with Gasteiger partial charge in [-0.25, -0.2) is 0 Å². The third-order valence-corrected chi connectivity index (χ3v) is 3.77. The van der Waals surface area contributed by atoms with E-state index in [1.165, 1.54) is 0 Å². The van der Waals surface area contributed by atoms with Crippen LogP contribution in [0.2, 0.25) is 0 Å².